The van der Waals surface area contributed by atoms with Gasteiger partial charge in [-0.05, 0) is 48.7 Å². The molecule has 0 saturated carbocycles. The lowest BCUT2D eigenvalue weighted by molar-refractivity contribution is 0.0946. The molecule has 0 aliphatic carbocycles. The van der Waals surface area contributed by atoms with Crippen molar-refractivity contribution >= 4 is 15.9 Å². The molecule has 142 valence electrons. The smallest absolute Gasteiger partial charge is 0.251 e. The number of benzene rings is 1. The SMILES string of the molecule is Cc1ncc(-c2ccc3c(c2)CCNC3=O)cc1-c1ccc(S(N)(=O)=O)cn1. The van der Waals surface area contributed by atoms with Crippen molar-refractivity contribution < 1.29 is 13.2 Å². The number of pyridine rings is 2. The summed E-state index contributed by atoms with van der Waals surface area (Å²) in [6.07, 6.45) is 3.81. The molecule has 3 heterocycles. The molecular formula is C20H18N4O3S. The van der Waals surface area contributed by atoms with E-state index in [-0.39, 0.29) is 10.8 Å². The highest BCUT2D eigenvalue weighted by molar-refractivity contribution is 7.89. The molecule has 3 N–H and O–H groups in total. The van der Waals surface area contributed by atoms with Crippen LogP contribution in [0.5, 0.6) is 0 Å². The molecule has 0 radical (unpaired) electrons. The summed E-state index contributed by atoms with van der Waals surface area (Å²) in [6, 6.07) is 10.8. The zero-order valence-electron chi connectivity index (χ0n) is 15.1. The number of aromatic nitrogens is 2. The number of primary sulfonamides is 1. The summed E-state index contributed by atoms with van der Waals surface area (Å²) in [6.45, 7) is 2.50. The first kappa shape index (κ1) is 18.3. The number of sulfonamides is 1. The topological polar surface area (TPSA) is 115 Å². The first-order valence-corrected chi connectivity index (χ1v) is 10.2. The van der Waals surface area contributed by atoms with E-state index in [0.29, 0.717) is 17.8 Å². The van der Waals surface area contributed by atoms with E-state index in [1.54, 1.807) is 12.3 Å². The van der Waals surface area contributed by atoms with Gasteiger partial charge in [0, 0.05) is 41.3 Å². The molecule has 1 aromatic carbocycles. The maximum atomic E-state index is 11.9. The van der Waals surface area contributed by atoms with Crippen molar-refractivity contribution in [2.24, 2.45) is 5.14 Å². The Morgan fingerprint density at radius 3 is 2.54 bits per heavy atom. The Labute approximate surface area is 162 Å². The van der Waals surface area contributed by atoms with Gasteiger partial charge in [0.1, 0.15) is 4.90 Å². The van der Waals surface area contributed by atoms with Crippen LogP contribution in [0.2, 0.25) is 0 Å². The van der Waals surface area contributed by atoms with Crippen LogP contribution in [-0.4, -0.2) is 30.8 Å². The minimum Gasteiger partial charge on any atom is -0.352 e. The van der Waals surface area contributed by atoms with Gasteiger partial charge in [0.05, 0.1) is 5.69 Å². The fourth-order valence-corrected chi connectivity index (χ4v) is 3.72. The Morgan fingerprint density at radius 1 is 1.00 bits per heavy atom. The van der Waals surface area contributed by atoms with E-state index < -0.39 is 10.0 Å². The average Bonchev–Trinajstić information content (AvgIpc) is 2.68. The van der Waals surface area contributed by atoms with Crippen LogP contribution in [0.4, 0.5) is 0 Å². The largest absolute Gasteiger partial charge is 0.352 e. The van der Waals surface area contributed by atoms with Gasteiger partial charge in [0.15, 0.2) is 0 Å². The minimum atomic E-state index is -3.79. The fraction of sp³-hybridized carbons (Fsp3) is 0.150. The second-order valence-electron chi connectivity index (χ2n) is 6.66. The van der Waals surface area contributed by atoms with Gasteiger partial charge in [-0.15, -0.1) is 0 Å². The Hall–Kier alpha value is -3.10. The van der Waals surface area contributed by atoms with Crippen LogP contribution in [0.3, 0.4) is 0 Å². The summed E-state index contributed by atoms with van der Waals surface area (Å²) in [7, 11) is -3.79. The number of carbonyl (C=O) groups is 1. The lowest BCUT2D eigenvalue weighted by atomic mass is 9.94. The number of rotatable bonds is 3. The van der Waals surface area contributed by atoms with E-state index in [1.807, 2.05) is 31.2 Å². The highest BCUT2D eigenvalue weighted by Crippen LogP contribution is 2.29. The fourth-order valence-electron chi connectivity index (χ4n) is 3.27. The summed E-state index contributed by atoms with van der Waals surface area (Å²) >= 11 is 0. The van der Waals surface area contributed by atoms with E-state index in [9.17, 15) is 13.2 Å². The van der Waals surface area contributed by atoms with Crippen LogP contribution < -0.4 is 10.5 Å². The van der Waals surface area contributed by atoms with Gasteiger partial charge in [-0.2, -0.15) is 0 Å². The predicted molar refractivity (Wildman–Crippen MR) is 105 cm³/mol. The van der Waals surface area contributed by atoms with Gasteiger partial charge in [-0.25, -0.2) is 13.6 Å². The van der Waals surface area contributed by atoms with Crippen molar-refractivity contribution in [3.05, 3.63) is 65.6 Å². The van der Waals surface area contributed by atoms with E-state index in [0.717, 1.165) is 34.4 Å². The minimum absolute atomic E-state index is 0.0361. The molecule has 0 bridgehead atoms. The number of nitrogens with one attached hydrogen (secondary N) is 1. The Kier molecular flexibility index (Phi) is 4.44. The van der Waals surface area contributed by atoms with Gasteiger partial charge in [-0.1, -0.05) is 12.1 Å². The molecule has 2 aromatic heterocycles. The van der Waals surface area contributed by atoms with Crippen LogP contribution >= 0.6 is 0 Å². The average molecular weight is 394 g/mol. The van der Waals surface area contributed by atoms with E-state index in [1.165, 1.54) is 12.3 Å². The third-order valence-corrected chi connectivity index (χ3v) is 5.69. The van der Waals surface area contributed by atoms with Crippen LogP contribution in [0, 0.1) is 6.92 Å². The van der Waals surface area contributed by atoms with Gasteiger partial charge >= 0.3 is 0 Å². The number of amides is 1. The summed E-state index contributed by atoms with van der Waals surface area (Å²) in [5, 5.41) is 7.97. The number of carbonyl (C=O) groups excluding carboxylic acids is 1. The Morgan fingerprint density at radius 2 is 1.82 bits per heavy atom. The molecule has 1 amide bonds. The third-order valence-electron chi connectivity index (χ3n) is 4.79. The van der Waals surface area contributed by atoms with E-state index in [2.05, 4.69) is 15.3 Å². The van der Waals surface area contributed by atoms with Crippen LogP contribution in [0.25, 0.3) is 22.4 Å². The second-order valence-corrected chi connectivity index (χ2v) is 8.22. The van der Waals surface area contributed by atoms with Crippen LogP contribution in [0.1, 0.15) is 21.6 Å². The standard InChI is InChI=1S/C20H18N4O3S/c1-12-18(19-5-3-16(11-24-19)28(21,26)27)9-15(10-23-12)13-2-4-17-14(8-13)6-7-22-20(17)25/h2-5,8-11H,6-7H2,1H3,(H,22,25)(H2,21,26,27). The number of nitrogens with two attached hydrogens (primary N) is 1. The molecule has 0 unspecified atom stereocenters. The molecule has 4 rings (SSSR count). The zero-order chi connectivity index (χ0) is 19.9. The molecule has 7 nitrogen and oxygen atoms in total. The maximum absolute atomic E-state index is 11.9. The van der Waals surface area contributed by atoms with Crippen molar-refractivity contribution in [1.82, 2.24) is 15.3 Å². The highest BCUT2D eigenvalue weighted by atomic mass is 32.2. The number of hydrogen-bond acceptors (Lipinski definition) is 5. The van der Waals surface area contributed by atoms with Crippen molar-refractivity contribution in [3.63, 3.8) is 0 Å². The molecule has 1 aliphatic heterocycles. The molecule has 0 saturated heterocycles. The lowest BCUT2D eigenvalue weighted by Crippen LogP contribution is -2.31. The van der Waals surface area contributed by atoms with E-state index in [4.69, 9.17) is 5.14 Å². The summed E-state index contributed by atoms with van der Waals surface area (Å²) in [5.41, 5.74) is 5.76. The van der Waals surface area contributed by atoms with Gasteiger partial charge < -0.3 is 5.32 Å². The second kappa shape index (κ2) is 6.81. The third kappa shape index (κ3) is 3.39. The van der Waals surface area contributed by atoms with Gasteiger partial charge in [0.2, 0.25) is 10.0 Å². The normalized spacial score (nSPS) is 13.7. The van der Waals surface area contributed by atoms with Crippen molar-refractivity contribution in [3.8, 4) is 22.4 Å². The molecular weight excluding hydrogens is 376 g/mol. The first-order valence-electron chi connectivity index (χ1n) is 8.70. The Bertz CT molecular complexity index is 1190. The number of hydrogen-bond donors (Lipinski definition) is 2. The summed E-state index contributed by atoms with van der Waals surface area (Å²) in [5.74, 6) is -0.0466. The van der Waals surface area contributed by atoms with Crippen LogP contribution in [-0.2, 0) is 16.4 Å². The quantitative estimate of drug-likeness (QED) is 0.705. The summed E-state index contributed by atoms with van der Waals surface area (Å²) < 4.78 is 22.8. The van der Waals surface area contributed by atoms with Gasteiger partial charge in [-0.3, -0.25) is 14.8 Å². The molecule has 8 heteroatoms. The number of fused-ring (bicyclic) bond motifs is 1. The zero-order valence-corrected chi connectivity index (χ0v) is 16.0. The molecule has 28 heavy (non-hydrogen) atoms. The molecule has 0 atom stereocenters. The van der Waals surface area contributed by atoms with Crippen molar-refractivity contribution in [2.75, 3.05) is 6.54 Å². The van der Waals surface area contributed by atoms with Crippen LogP contribution in [0.15, 0.2) is 53.7 Å². The molecule has 0 fully saturated rings. The van der Waals surface area contributed by atoms with E-state index >= 15 is 0 Å². The van der Waals surface area contributed by atoms with Crippen molar-refractivity contribution in [1.29, 1.82) is 0 Å². The van der Waals surface area contributed by atoms with Crippen molar-refractivity contribution in [2.45, 2.75) is 18.2 Å². The number of aryl methyl sites for hydroxylation is 1. The molecule has 3 aromatic rings. The predicted octanol–water partition coefficient (Wildman–Crippen LogP) is 2.05. The Balaban J connectivity index is 1.75. The maximum Gasteiger partial charge on any atom is 0.251 e. The number of nitrogens with zero attached hydrogens (tertiary/aromatic N) is 2. The first-order chi connectivity index (χ1) is 13.3. The monoisotopic (exact) mass is 394 g/mol. The molecule has 0 spiro atoms. The highest BCUT2D eigenvalue weighted by Gasteiger charge is 2.17. The molecule has 1 aliphatic rings. The summed E-state index contributed by atoms with van der Waals surface area (Å²) in [4.78, 5) is 20.6. The van der Waals surface area contributed by atoms with Gasteiger partial charge in [0.25, 0.3) is 5.91 Å². The lowest BCUT2D eigenvalue weighted by Gasteiger charge is -2.17.